The molecule has 2 aliphatic rings. The molecule has 1 saturated heterocycles. The Labute approximate surface area is 155 Å². The molecule has 0 spiro atoms. The molecule has 1 unspecified atom stereocenters. The first-order chi connectivity index (χ1) is 12.6. The predicted molar refractivity (Wildman–Crippen MR) is 97.6 cm³/mol. The van der Waals surface area contributed by atoms with E-state index < -0.39 is 6.10 Å². The van der Waals surface area contributed by atoms with Gasteiger partial charge in [-0.05, 0) is 36.8 Å². The van der Waals surface area contributed by atoms with Crippen LogP contribution >= 0.6 is 11.3 Å². The molecule has 7 heteroatoms. The molecule has 1 aromatic heterocycles. The summed E-state index contributed by atoms with van der Waals surface area (Å²) in [7, 11) is 0. The van der Waals surface area contributed by atoms with E-state index in [4.69, 9.17) is 14.2 Å². The molecule has 26 heavy (non-hydrogen) atoms. The summed E-state index contributed by atoms with van der Waals surface area (Å²) in [5.74, 6) is 0.464. The van der Waals surface area contributed by atoms with Crippen LogP contribution < -0.4 is 4.74 Å². The monoisotopic (exact) mass is 375 g/mol. The van der Waals surface area contributed by atoms with Gasteiger partial charge in [0.05, 0.1) is 26.4 Å². The van der Waals surface area contributed by atoms with Gasteiger partial charge in [0.2, 0.25) is 0 Å². The molecule has 138 valence electrons. The van der Waals surface area contributed by atoms with Gasteiger partial charge in [0, 0.05) is 21.9 Å². The molecule has 1 fully saturated rings. The van der Waals surface area contributed by atoms with E-state index >= 15 is 0 Å². The van der Waals surface area contributed by atoms with E-state index in [1.54, 1.807) is 22.3 Å². The molecular weight excluding hydrogens is 354 g/mol. The summed E-state index contributed by atoms with van der Waals surface area (Å²) in [5.41, 5.74) is 1.73. The Morgan fingerprint density at radius 1 is 1.27 bits per heavy atom. The van der Waals surface area contributed by atoms with Gasteiger partial charge in [-0.15, -0.1) is 11.3 Å². The zero-order chi connectivity index (χ0) is 18.1. The fourth-order valence-corrected chi connectivity index (χ4v) is 4.11. The maximum absolute atomic E-state index is 12.8. The number of aromatic hydroxyl groups is 1. The molecule has 0 radical (unpaired) electrons. The molecule has 2 aromatic rings. The molecule has 0 aliphatic carbocycles. The SMILES string of the molecule is Cc1ccc(-c2cc(O)c3c(c2)CN(C(=O)C2COCCO2)CCO3)s1. The van der Waals surface area contributed by atoms with Crippen LogP contribution in [0.1, 0.15) is 10.4 Å². The van der Waals surface area contributed by atoms with Crippen LogP contribution in [0.5, 0.6) is 11.5 Å². The van der Waals surface area contributed by atoms with Crippen molar-refractivity contribution in [1.29, 1.82) is 0 Å². The molecular formula is C19H21NO5S. The number of hydrogen-bond donors (Lipinski definition) is 1. The normalized spacial score (nSPS) is 20.2. The standard InChI is InChI=1S/C19H21NO5S/c1-12-2-3-17(26-12)13-8-14-10-20(4-5-25-18(14)15(21)9-13)19(22)16-11-23-6-7-24-16/h2-3,8-9,16,21H,4-7,10-11H2,1H3. The maximum atomic E-state index is 12.8. The lowest BCUT2D eigenvalue weighted by molar-refractivity contribution is -0.158. The predicted octanol–water partition coefficient (Wildman–Crippen LogP) is 2.57. The van der Waals surface area contributed by atoms with Crippen LogP contribution in [0, 0.1) is 6.92 Å². The highest BCUT2D eigenvalue weighted by Gasteiger charge is 2.30. The maximum Gasteiger partial charge on any atom is 0.254 e. The first-order valence-corrected chi connectivity index (χ1v) is 9.47. The smallest absolute Gasteiger partial charge is 0.254 e. The third-order valence-electron chi connectivity index (χ3n) is 4.54. The van der Waals surface area contributed by atoms with Crippen molar-refractivity contribution in [3.8, 4) is 21.9 Å². The molecule has 4 rings (SSSR count). The fraction of sp³-hybridized carbons (Fsp3) is 0.421. The number of fused-ring (bicyclic) bond motifs is 1. The third-order valence-corrected chi connectivity index (χ3v) is 5.59. The van der Waals surface area contributed by atoms with Crippen molar-refractivity contribution in [2.24, 2.45) is 0 Å². The molecule has 1 aromatic carbocycles. The lowest BCUT2D eigenvalue weighted by atomic mass is 10.1. The van der Waals surface area contributed by atoms with Crippen LogP contribution in [0.15, 0.2) is 24.3 Å². The van der Waals surface area contributed by atoms with Crippen molar-refractivity contribution in [3.63, 3.8) is 0 Å². The van der Waals surface area contributed by atoms with Gasteiger partial charge in [0.15, 0.2) is 17.6 Å². The van der Waals surface area contributed by atoms with Crippen molar-refractivity contribution in [3.05, 3.63) is 34.7 Å². The summed E-state index contributed by atoms with van der Waals surface area (Å²) in [6.07, 6.45) is -0.568. The largest absolute Gasteiger partial charge is 0.504 e. The Bertz CT molecular complexity index is 812. The van der Waals surface area contributed by atoms with Crippen LogP contribution in [-0.2, 0) is 20.8 Å². The number of aryl methyl sites for hydroxylation is 1. The Kier molecular flexibility index (Phi) is 4.84. The van der Waals surface area contributed by atoms with Crippen molar-refractivity contribution in [2.45, 2.75) is 19.6 Å². The van der Waals surface area contributed by atoms with Gasteiger partial charge >= 0.3 is 0 Å². The van der Waals surface area contributed by atoms with E-state index in [-0.39, 0.29) is 18.3 Å². The minimum Gasteiger partial charge on any atom is -0.504 e. The molecule has 0 saturated carbocycles. The Morgan fingerprint density at radius 2 is 2.15 bits per heavy atom. The Balaban J connectivity index is 1.62. The van der Waals surface area contributed by atoms with Crippen molar-refractivity contribution in [2.75, 3.05) is 33.0 Å². The van der Waals surface area contributed by atoms with Gasteiger partial charge in [-0.25, -0.2) is 0 Å². The number of amides is 1. The number of ether oxygens (including phenoxy) is 3. The Hall–Kier alpha value is -2.09. The number of thiophene rings is 1. The minimum atomic E-state index is -0.568. The van der Waals surface area contributed by atoms with E-state index in [9.17, 15) is 9.90 Å². The van der Waals surface area contributed by atoms with Gasteiger partial charge < -0.3 is 24.2 Å². The van der Waals surface area contributed by atoms with Gasteiger partial charge in [0.1, 0.15) is 6.61 Å². The van der Waals surface area contributed by atoms with Crippen LogP contribution in [0.3, 0.4) is 0 Å². The zero-order valence-electron chi connectivity index (χ0n) is 14.6. The van der Waals surface area contributed by atoms with Crippen molar-refractivity contribution >= 4 is 17.2 Å². The highest BCUT2D eigenvalue weighted by atomic mass is 32.1. The summed E-state index contributed by atoms with van der Waals surface area (Å²) in [6, 6.07) is 7.80. The third kappa shape index (κ3) is 3.42. The van der Waals surface area contributed by atoms with E-state index in [1.165, 1.54) is 4.88 Å². The lowest BCUT2D eigenvalue weighted by Gasteiger charge is -2.28. The summed E-state index contributed by atoms with van der Waals surface area (Å²) >= 11 is 1.67. The Morgan fingerprint density at radius 3 is 2.88 bits per heavy atom. The number of carbonyl (C=O) groups is 1. The number of rotatable bonds is 2. The number of phenols is 1. The summed E-state index contributed by atoms with van der Waals surface area (Å²) in [6.45, 7) is 4.43. The first-order valence-electron chi connectivity index (χ1n) is 8.65. The number of benzene rings is 1. The zero-order valence-corrected chi connectivity index (χ0v) is 15.4. The van der Waals surface area contributed by atoms with Crippen LogP contribution in [0.25, 0.3) is 10.4 Å². The molecule has 1 amide bonds. The van der Waals surface area contributed by atoms with Gasteiger partial charge in [-0.2, -0.15) is 0 Å². The summed E-state index contributed by atoms with van der Waals surface area (Å²) in [4.78, 5) is 16.8. The van der Waals surface area contributed by atoms with Gasteiger partial charge in [-0.1, -0.05) is 0 Å². The quantitative estimate of drug-likeness (QED) is 0.874. The number of phenolic OH excluding ortho intramolecular Hbond substituents is 1. The average Bonchev–Trinajstić information content (AvgIpc) is 2.97. The summed E-state index contributed by atoms with van der Waals surface area (Å²) in [5, 5.41) is 10.4. The van der Waals surface area contributed by atoms with E-state index in [0.29, 0.717) is 38.7 Å². The van der Waals surface area contributed by atoms with Gasteiger partial charge in [0.25, 0.3) is 5.91 Å². The second kappa shape index (κ2) is 7.26. The van der Waals surface area contributed by atoms with Crippen LogP contribution in [-0.4, -0.2) is 55.0 Å². The summed E-state index contributed by atoms with van der Waals surface area (Å²) < 4.78 is 16.6. The van der Waals surface area contributed by atoms with E-state index in [1.807, 2.05) is 19.1 Å². The van der Waals surface area contributed by atoms with Gasteiger partial charge in [-0.3, -0.25) is 4.79 Å². The van der Waals surface area contributed by atoms with E-state index in [0.717, 1.165) is 16.0 Å². The topological polar surface area (TPSA) is 68.2 Å². The second-order valence-electron chi connectivity index (χ2n) is 6.44. The van der Waals surface area contributed by atoms with E-state index in [2.05, 4.69) is 6.07 Å². The lowest BCUT2D eigenvalue weighted by Crippen LogP contribution is -2.45. The molecule has 6 nitrogen and oxygen atoms in total. The molecule has 1 N–H and O–H groups in total. The molecule has 0 bridgehead atoms. The first kappa shape index (κ1) is 17.3. The molecule has 2 aliphatic heterocycles. The molecule has 1 atom stereocenters. The van der Waals surface area contributed by atoms with Crippen LogP contribution in [0.2, 0.25) is 0 Å². The number of hydrogen-bond acceptors (Lipinski definition) is 6. The minimum absolute atomic E-state index is 0.0991. The fourth-order valence-electron chi connectivity index (χ4n) is 3.25. The van der Waals surface area contributed by atoms with Crippen LogP contribution in [0.4, 0.5) is 0 Å². The molecule has 3 heterocycles. The number of nitrogens with zero attached hydrogens (tertiary/aromatic N) is 1. The average molecular weight is 375 g/mol. The second-order valence-corrected chi connectivity index (χ2v) is 7.72. The van der Waals surface area contributed by atoms with Crippen molar-refractivity contribution in [1.82, 2.24) is 4.90 Å². The highest BCUT2D eigenvalue weighted by molar-refractivity contribution is 7.15. The number of carbonyl (C=O) groups excluding carboxylic acids is 1. The highest BCUT2D eigenvalue weighted by Crippen LogP contribution is 2.39. The van der Waals surface area contributed by atoms with Crippen molar-refractivity contribution < 1.29 is 24.1 Å².